The Morgan fingerprint density at radius 3 is 2.71 bits per heavy atom. The van der Waals surface area contributed by atoms with Crippen LogP contribution in [0.5, 0.6) is 0 Å². The van der Waals surface area contributed by atoms with Gasteiger partial charge in [-0.3, -0.25) is 4.72 Å². The molecule has 0 radical (unpaired) electrons. The minimum absolute atomic E-state index is 0.173. The van der Waals surface area contributed by atoms with Crippen LogP contribution >= 0.6 is 11.3 Å². The first-order valence-electron chi connectivity index (χ1n) is 6.67. The number of hydrogen-bond donors (Lipinski definition) is 2. The molecule has 8 heteroatoms. The van der Waals surface area contributed by atoms with Crippen LogP contribution in [-0.2, 0) is 16.4 Å². The van der Waals surface area contributed by atoms with Gasteiger partial charge in [0.05, 0.1) is 4.90 Å². The number of anilines is 1. The Kier molecular flexibility index (Phi) is 4.92. The highest BCUT2D eigenvalue weighted by Crippen LogP contribution is 2.22. The lowest BCUT2D eigenvalue weighted by atomic mass is 10.1. The topological polar surface area (TPSA) is 98.0 Å². The highest BCUT2D eigenvalue weighted by molar-refractivity contribution is 7.93. The lowest BCUT2D eigenvalue weighted by Crippen LogP contribution is -2.14. The summed E-state index contributed by atoms with van der Waals surface area (Å²) in [6, 6.07) is 6.48. The third kappa shape index (κ3) is 3.78. The number of hydrogen-bond acceptors (Lipinski definition) is 6. The van der Waals surface area contributed by atoms with Gasteiger partial charge < -0.3 is 5.73 Å². The summed E-state index contributed by atoms with van der Waals surface area (Å²) in [4.78, 5) is 0.178. The Morgan fingerprint density at radius 2 is 2.10 bits per heavy atom. The molecular formula is C13H18N4O2S2. The van der Waals surface area contributed by atoms with E-state index in [2.05, 4.69) is 14.9 Å². The molecule has 0 aliphatic carbocycles. The molecule has 0 bridgehead atoms. The molecule has 0 saturated carbocycles. The summed E-state index contributed by atoms with van der Waals surface area (Å²) < 4.78 is 27.1. The lowest BCUT2D eigenvalue weighted by molar-refractivity contribution is 0.600. The fourth-order valence-corrected chi connectivity index (χ4v) is 3.72. The van der Waals surface area contributed by atoms with Crippen molar-refractivity contribution in [1.29, 1.82) is 0 Å². The molecule has 1 atom stereocenters. The van der Waals surface area contributed by atoms with Crippen molar-refractivity contribution in [3.8, 4) is 0 Å². The molecule has 0 aliphatic heterocycles. The van der Waals surface area contributed by atoms with Gasteiger partial charge in [0, 0.05) is 6.04 Å². The van der Waals surface area contributed by atoms with E-state index in [1.807, 2.05) is 19.9 Å². The second kappa shape index (κ2) is 6.50. The molecule has 0 fully saturated rings. The first-order valence-corrected chi connectivity index (χ1v) is 8.97. The maximum atomic E-state index is 12.3. The molecule has 1 unspecified atom stereocenters. The van der Waals surface area contributed by atoms with E-state index in [1.54, 1.807) is 12.1 Å². The second-order valence-corrected chi connectivity index (χ2v) is 7.29. The Morgan fingerprint density at radius 1 is 1.33 bits per heavy atom. The number of aromatic nitrogens is 2. The van der Waals surface area contributed by atoms with Gasteiger partial charge >= 0.3 is 0 Å². The van der Waals surface area contributed by atoms with E-state index in [4.69, 9.17) is 5.73 Å². The molecule has 1 aromatic heterocycles. The van der Waals surface area contributed by atoms with Crippen molar-refractivity contribution in [2.75, 3.05) is 4.72 Å². The number of sulfonamides is 1. The fraction of sp³-hybridized carbons (Fsp3) is 0.385. The molecular weight excluding hydrogens is 308 g/mol. The number of aryl methyl sites for hydroxylation is 1. The molecule has 0 saturated heterocycles. The van der Waals surface area contributed by atoms with Crippen LogP contribution in [0.15, 0.2) is 29.2 Å². The lowest BCUT2D eigenvalue weighted by Gasteiger charge is -2.11. The highest BCUT2D eigenvalue weighted by atomic mass is 32.2. The van der Waals surface area contributed by atoms with Crippen LogP contribution < -0.4 is 10.5 Å². The molecule has 1 aromatic carbocycles. The van der Waals surface area contributed by atoms with E-state index in [0.717, 1.165) is 23.4 Å². The Balaban J connectivity index is 2.26. The summed E-state index contributed by atoms with van der Waals surface area (Å²) in [6.07, 6.45) is 1.47. The molecule has 1 heterocycles. The van der Waals surface area contributed by atoms with Gasteiger partial charge in [0.15, 0.2) is 0 Å². The molecule has 0 spiro atoms. The van der Waals surface area contributed by atoms with Crippen LogP contribution in [0.1, 0.15) is 36.9 Å². The normalized spacial score (nSPS) is 13.1. The van der Waals surface area contributed by atoms with Crippen molar-refractivity contribution in [1.82, 2.24) is 10.2 Å². The average molecular weight is 326 g/mol. The zero-order valence-electron chi connectivity index (χ0n) is 11.9. The van der Waals surface area contributed by atoms with Crippen molar-refractivity contribution in [3.05, 3.63) is 34.8 Å². The van der Waals surface area contributed by atoms with Gasteiger partial charge in [-0.1, -0.05) is 37.3 Å². The van der Waals surface area contributed by atoms with Gasteiger partial charge in [-0.15, -0.1) is 10.2 Å². The number of rotatable bonds is 6. The Labute approximate surface area is 128 Å². The van der Waals surface area contributed by atoms with Crippen molar-refractivity contribution in [2.24, 2.45) is 5.73 Å². The van der Waals surface area contributed by atoms with E-state index in [1.165, 1.54) is 17.4 Å². The van der Waals surface area contributed by atoms with Crippen molar-refractivity contribution >= 4 is 26.5 Å². The van der Waals surface area contributed by atoms with Crippen LogP contribution in [0.25, 0.3) is 0 Å². The van der Waals surface area contributed by atoms with Gasteiger partial charge in [0.25, 0.3) is 10.0 Å². The van der Waals surface area contributed by atoms with Gasteiger partial charge in [0.2, 0.25) is 5.13 Å². The smallest absolute Gasteiger partial charge is 0.263 e. The zero-order valence-corrected chi connectivity index (χ0v) is 13.5. The minimum atomic E-state index is -3.67. The number of benzene rings is 1. The molecule has 0 aliphatic rings. The maximum Gasteiger partial charge on any atom is 0.263 e. The summed E-state index contributed by atoms with van der Waals surface area (Å²) in [5, 5.41) is 8.78. The van der Waals surface area contributed by atoms with Crippen molar-refractivity contribution in [3.63, 3.8) is 0 Å². The average Bonchev–Trinajstić information content (AvgIpc) is 2.93. The van der Waals surface area contributed by atoms with Crippen LogP contribution in [0, 0.1) is 0 Å². The summed E-state index contributed by atoms with van der Waals surface area (Å²) in [6.45, 7) is 3.89. The first kappa shape index (κ1) is 15.9. The third-order valence-corrected chi connectivity index (χ3v) is 5.48. The van der Waals surface area contributed by atoms with E-state index in [9.17, 15) is 8.42 Å². The predicted octanol–water partition coefficient (Wildman–Crippen LogP) is 2.31. The Hall–Kier alpha value is -1.51. The first-order chi connectivity index (χ1) is 9.96. The second-order valence-electron chi connectivity index (χ2n) is 4.55. The molecule has 2 rings (SSSR count). The maximum absolute atomic E-state index is 12.3. The molecule has 0 amide bonds. The summed E-state index contributed by atoms with van der Waals surface area (Å²) in [5.41, 5.74) is 6.74. The van der Waals surface area contributed by atoms with Crippen LogP contribution in [0.3, 0.4) is 0 Å². The standard InChI is InChI=1S/C13H18N4O2S2/c1-3-11(14)9-6-5-7-10(8-9)21(18,19)17-13-16-15-12(4-2)20-13/h5-8,11H,3-4,14H2,1-2H3,(H,16,17). The van der Waals surface area contributed by atoms with E-state index in [-0.39, 0.29) is 16.1 Å². The van der Waals surface area contributed by atoms with Crippen molar-refractivity contribution in [2.45, 2.75) is 37.6 Å². The summed E-state index contributed by atoms with van der Waals surface area (Å²) >= 11 is 1.23. The van der Waals surface area contributed by atoms with Crippen molar-refractivity contribution < 1.29 is 8.42 Å². The fourth-order valence-electron chi connectivity index (χ4n) is 1.76. The Bertz CT molecular complexity index is 712. The minimum Gasteiger partial charge on any atom is -0.324 e. The quantitative estimate of drug-likeness (QED) is 0.849. The number of nitrogens with zero attached hydrogens (tertiary/aromatic N) is 2. The number of nitrogens with two attached hydrogens (primary N) is 1. The zero-order chi connectivity index (χ0) is 15.5. The van der Waals surface area contributed by atoms with Gasteiger partial charge in [-0.25, -0.2) is 8.42 Å². The monoisotopic (exact) mass is 326 g/mol. The van der Waals surface area contributed by atoms with Gasteiger partial charge in [0.1, 0.15) is 5.01 Å². The highest BCUT2D eigenvalue weighted by Gasteiger charge is 2.18. The van der Waals surface area contributed by atoms with E-state index in [0.29, 0.717) is 0 Å². The summed E-state index contributed by atoms with van der Waals surface area (Å²) in [7, 11) is -3.67. The van der Waals surface area contributed by atoms with Crippen LogP contribution in [0.4, 0.5) is 5.13 Å². The SMILES string of the molecule is CCc1nnc(NS(=O)(=O)c2cccc(C(N)CC)c2)s1. The largest absolute Gasteiger partial charge is 0.324 e. The van der Waals surface area contributed by atoms with Crippen LogP contribution in [-0.4, -0.2) is 18.6 Å². The molecule has 114 valence electrons. The number of nitrogens with one attached hydrogen (secondary N) is 1. The summed E-state index contributed by atoms with van der Waals surface area (Å²) in [5.74, 6) is 0. The van der Waals surface area contributed by atoms with E-state index < -0.39 is 10.0 Å². The third-order valence-electron chi connectivity index (χ3n) is 3.03. The predicted molar refractivity (Wildman–Crippen MR) is 83.8 cm³/mol. The van der Waals surface area contributed by atoms with Gasteiger partial charge in [-0.2, -0.15) is 0 Å². The molecule has 3 N–H and O–H groups in total. The molecule has 2 aromatic rings. The van der Waals surface area contributed by atoms with Crippen LogP contribution in [0.2, 0.25) is 0 Å². The molecule has 6 nitrogen and oxygen atoms in total. The van der Waals surface area contributed by atoms with Gasteiger partial charge in [-0.05, 0) is 30.5 Å². The van der Waals surface area contributed by atoms with E-state index >= 15 is 0 Å². The molecule has 21 heavy (non-hydrogen) atoms.